The number of para-hydroxylation sites is 5. The number of hydrogen-bond donors (Lipinski definition) is 0. The molecule has 0 aliphatic carbocycles. The van der Waals surface area contributed by atoms with Crippen LogP contribution >= 0.6 is 0 Å². The number of fused-ring (bicyclic) bond motifs is 20. The van der Waals surface area contributed by atoms with Gasteiger partial charge in [0.25, 0.3) is 0 Å². The van der Waals surface area contributed by atoms with Crippen molar-refractivity contribution in [1.82, 2.24) is 43.2 Å². The Hall–Kier alpha value is -12.9. The van der Waals surface area contributed by atoms with E-state index in [1.54, 1.807) is 0 Å². The van der Waals surface area contributed by atoms with Crippen molar-refractivity contribution in [2.24, 2.45) is 0 Å². The van der Waals surface area contributed by atoms with Gasteiger partial charge in [-0.3, -0.25) is 9.13 Å². The Bertz CT molecular complexity index is 6450. The largest absolute Gasteiger partial charge is 0.307 e. The molecule has 9 nitrogen and oxygen atoms in total. The van der Waals surface area contributed by atoms with Crippen LogP contribution in [-0.4, -0.2) is 43.2 Å². The molecule has 0 radical (unpaired) electrons. The van der Waals surface area contributed by atoms with E-state index in [-0.39, 0.29) is 0 Å². The van der Waals surface area contributed by atoms with Gasteiger partial charge in [0.15, 0.2) is 11.6 Å². The molecular formula is C85H51N9. The summed E-state index contributed by atoms with van der Waals surface area (Å²) in [6, 6.07) is 110. The van der Waals surface area contributed by atoms with E-state index < -0.39 is 0 Å². The van der Waals surface area contributed by atoms with Crippen LogP contribution in [0.5, 0.6) is 0 Å². The molecule has 0 amide bonds. The number of benzene rings is 14. The molecule has 0 atom stereocenters. The van der Waals surface area contributed by atoms with Crippen LogP contribution in [0.3, 0.4) is 0 Å². The third-order valence-corrected chi connectivity index (χ3v) is 19.2. The van der Waals surface area contributed by atoms with Crippen molar-refractivity contribution < 1.29 is 0 Å². The van der Waals surface area contributed by atoms with Gasteiger partial charge in [0.05, 0.1) is 55.3 Å². The quantitative estimate of drug-likeness (QED) is 0.151. The third-order valence-electron chi connectivity index (χ3n) is 19.2. The molecular weight excluding hydrogens is 1150 g/mol. The highest BCUT2D eigenvalue weighted by Crippen LogP contribution is 2.49. The fraction of sp³-hybridized carbons (Fsp3) is 0. The van der Waals surface area contributed by atoms with E-state index in [0.29, 0.717) is 23.5 Å². The van der Waals surface area contributed by atoms with Crippen molar-refractivity contribution in [2.75, 3.05) is 0 Å². The van der Waals surface area contributed by atoms with E-state index in [0.717, 1.165) is 148 Å². The smallest absolute Gasteiger partial charge is 0.238 e. The second-order valence-corrected chi connectivity index (χ2v) is 24.3. The zero-order chi connectivity index (χ0) is 61.5. The Balaban J connectivity index is 0.866. The van der Waals surface area contributed by atoms with Crippen LogP contribution in [0, 0.1) is 0 Å². The van der Waals surface area contributed by atoms with Gasteiger partial charge >= 0.3 is 0 Å². The minimum Gasteiger partial charge on any atom is -0.307 e. The molecule has 0 bridgehead atoms. The van der Waals surface area contributed by atoms with Gasteiger partial charge in [-0.1, -0.05) is 243 Å². The van der Waals surface area contributed by atoms with Gasteiger partial charge in [-0.15, -0.1) is 0 Å². The summed E-state index contributed by atoms with van der Waals surface area (Å²) >= 11 is 0. The highest BCUT2D eigenvalue weighted by Gasteiger charge is 2.29. The van der Waals surface area contributed by atoms with Gasteiger partial charge in [-0.2, -0.15) is 9.97 Å². The lowest BCUT2D eigenvalue weighted by molar-refractivity contribution is 0.953. The molecule has 0 saturated carbocycles. The first-order valence-electron chi connectivity index (χ1n) is 31.8. The lowest BCUT2D eigenvalue weighted by Crippen LogP contribution is -2.07. The molecule has 6 aromatic heterocycles. The Morgan fingerprint density at radius 2 is 0.660 bits per heavy atom. The van der Waals surface area contributed by atoms with Crippen LogP contribution < -0.4 is 0 Å². The maximum atomic E-state index is 5.81. The highest BCUT2D eigenvalue weighted by atomic mass is 15.2. The van der Waals surface area contributed by atoms with Gasteiger partial charge in [0, 0.05) is 76.5 Å². The van der Waals surface area contributed by atoms with Crippen LogP contribution in [-0.2, 0) is 0 Å². The molecule has 20 aromatic rings. The van der Waals surface area contributed by atoms with Crippen LogP contribution in [0.15, 0.2) is 309 Å². The average Bonchev–Trinajstić information content (AvgIpc) is 1.53. The molecule has 0 aliphatic rings. The van der Waals surface area contributed by atoms with Gasteiger partial charge in [0.1, 0.15) is 0 Å². The summed E-state index contributed by atoms with van der Waals surface area (Å²) < 4.78 is 9.48. The molecule has 0 unspecified atom stereocenters. The topological polar surface area (TPSA) is 84.2 Å². The first kappa shape index (κ1) is 52.0. The van der Waals surface area contributed by atoms with Gasteiger partial charge in [0.2, 0.25) is 11.9 Å². The summed E-state index contributed by atoms with van der Waals surface area (Å²) in [4.78, 5) is 27.6. The molecule has 0 spiro atoms. The van der Waals surface area contributed by atoms with Crippen LogP contribution in [0.1, 0.15) is 0 Å². The zero-order valence-corrected chi connectivity index (χ0v) is 50.5. The molecule has 9 heteroatoms. The molecule has 0 saturated heterocycles. The lowest BCUT2D eigenvalue weighted by atomic mass is 9.94. The van der Waals surface area contributed by atoms with Gasteiger partial charge < -0.3 is 9.13 Å². The summed E-state index contributed by atoms with van der Waals surface area (Å²) in [7, 11) is 0. The van der Waals surface area contributed by atoms with Crippen molar-refractivity contribution in [3.8, 4) is 68.4 Å². The van der Waals surface area contributed by atoms with E-state index in [2.05, 4.69) is 291 Å². The average molecular weight is 1200 g/mol. The molecule has 0 N–H and O–H groups in total. The summed E-state index contributed by atoms with van der Waals surface area (Å²) in [5.41, 5.74) is 17.2. The Labute approximate surface area is 537 Å². The van der Waals surface area contributed by atoms with Crippen molar-refractivity contribution in [3.05, 3.63) is 309 Å². The van der Waals surface area contributed by atoms with Crippen LogP contribution in [0.4, 0.5) is 0 Å². The standard InChI is InChI=1S/C85H51N9/c1-6-25-53(26-7-1)77-68-51-57(43-48-69(68)86-84(87-77)94-73-49-44-52-24-16-17-35-60(52)74(73)66-47-46-63-61-36-18-21-39-70(61)91(78(63)79(66)94)58-31-12-4-13-32-58)56-42-45-62-67(50-56)76-65-38-20-23-41-72(65)93(81(76)80-75(62)64-37-19-22-40-71(64)92(80)59-33-14-5-15-34-59)85-89-82(54-27-8-2-9-28-54)88-83(90-85)55-29-10-3-11-30-55/h1-51H. The first-order chi connectivity index (χ1) is 46.7. The van der Waals surface area contributed by atoms with Crippen molar-refractivity contribution in [2.45, 2.75) is 0 Å². The molecule has 6 heterocycles. The second kappa shape index (κ2) is 20.3. The minimum absolute atomic E-state index is 0.528. The monoisotopic (exact) mass is 1200 g/mol. The van der Waals surface area contributed by atoms with E-state index >= 15 is 0 Å². The number of aromatic nitrogens is 9. The van der Waals surface area contributed by atoms with Crippen molar-refractivity contribution in [3.63, 3.8) is 0 Å². The first-order valence-corrected chi connectivity index (χ1v) is 31.8. The number of nitrogens with zero attached hydrogens (tertiary/aromatic N) is 9. The van der Waals surface area contributed by atoms with E-state index in [9.17, 15) is 0 Å². The molecule has 14 aromatic carbocycles. The Morgan fingerprint density at radius 1 is 0.213 bits per heavy atom. The fourth-order valence-electron chi connectivity index (χ4n) is 15.2. The Morgan fingerprint density at radius 3 is 1.31 bits per heavy atom. The fourth-order valence-corrected chi connectivity index (χ4v) is 15.2. The molecule has 0 aliphatic heterocycles. The number of hydrogen-bond acceptors (Lipinski definition) is 5. The summed E-state index contributed by atoms with van der Waals surface area (Å²) in [6.07, 6.45) is 0. The predicted molar refractivity (Wildman–Crippen MR) is 387 cm³/mol. The molecule has 20 rings (SSSR count). The van der Waals surface area contributed by atoms with Gasteiger partial charge in [-0.05, 0) is 99.4 Å². The SMILES string of the molecule is c1ccc(-c2nc(-c3ccccc3)nc(-n3c4ccccc4c4c5cc(-c6ccc7nc(-n8c9ccc%10ccccc%10c9c9ccc%10c%11ccccc%11n(-c%11ccccc%11)c%10c98)nc(-c8ccccc8)c7c6)ccc5c5c6ccccc6n(-c6ccccc6)c5c43)n2)cc1. The summed E-state index contributed by atoms with van der Waals surface area (Å²) in [5.74, 6) is 2.31. The van der Waals surface area contributed by atoms with Gasteiger partial charge in [-0.25, -0.2) is 15.0 Å². The Kier molecular flexibility index (Phi) is 11.2. The van der Waals surface area contributed by atoms with Crippen LogP contribution in [0.25, 0.3) is 188 Å². The van der Waals surface area contributed by atoms with Crippen LogP contribution in [0.2, 0.25) is 0 Å². The summed E-state index contributed by atoms with van der Waals surface area (Å²) in [6.45, 7) is 0. The maximum Gasteiger partial charge on any atom is 0.238 e. The lowest BCUT2D eigenvalue weighted by Gasteiger charge is -2.15. The van der Waals surface area contributed by atoms with E-state index in [1.165, 1.54) is 16.2 Å². The van der Waals surface area contributed by atoms with E-state index in [4.69, 9.17) is 24.9 Å². The predicted octanol–water partition coefficient (Wildman–Crippen LogP) is 21.2. The second-order valence-electron chi connectivity index (χ2n) is 24.3. The molecule has 94 heavy (non-hydrogen) atoms. The normalized spacial score (nSPS) is 12.0. The zero-order valence-electron chi connectivity index (χ0n) is 50.5. The minimum atomic E-state index is 0.528. The molecule has 0 fully saturated rings. The van der Waals surface area contributed by atoms with Crippen molar-refractivity contribution >= 4 is 120 Å². The third kappa shape index (κ3) is 7.66. The highest BCUT2D eigenvalue weighted by molar-refractivity contribution is 6.37. The molecule has 436 valence electrons. The van der Waals surface area contributed by atoms with Crippen molar-refractivity contribution in [1.29, 1.82) is 0 Å². The maximum absolute atomic E-state index is 5.81. The van der Waals surface area contributed by atoms with E-state index in [1.807, 2.05) is 36.4 Å². The number of rotatable bonds is 8. The summed E-state index contributed by atoms with van der Waals surface area (Å²) in [5, 5.41) is 14.7.